The van der Waals surface area contributed by atoms with E-state index in [0.717, 1.165) is 23.6 Å². The van der Waals surface area contributed by atoms with Gasteiger partial charge in [0.05, 0.1) is 0 Å². The van der Waals surface area contributed by atoms with Crippen LogP contribution in [0, 0.1) is 0 Å². The van der Waals surface area contributed by atoms with Crippen LogP contribution in [-0.4, -0.2) is 19.0 Å². The topological polar surface area (TPSA) is 3.24 Å². The summed E-state index contributed by atoms with van der Waals surface area (Å²) >= 11 is 12.4. The largest absolute Gasteiger partial charge is 0.305 e. The normalized spacial score (nSPS) is 13.0. The van der Waals surface area contributed by atoms with Crippen molar-refractivity contribution in [1.82, 2.24) is 4.90 Å². The van der Waals surface area contributed by atoms with Crippen LogP contribution in [0.3, 0.4) is 0 Å². The van der Waals surface area contributed by atoms with Gasteiger partial charge < -0.3 is 4.90 Å². The molecule has 1 unspecified atom stereocenters. The molecule has 0 saturated carbocycles. The van der Waals surface area contributed by atoms with E-state index in [4.69, 9.17) is 23.2 Å². The van der Waals surface area contributed by atoms with Crippen LogP contribution in [0.4, 0.5) is 0 Å². The van der Waals surface area contributed by atoms with Gasteiger partial charge in [0, 0.05) is 22.5 Å². The molecular formula is C20H23Cl2N. The minimum atomic E-state index is 0.284. The summed E-state index contributed by atoms with van der Waals surface area (Å²) in [6, 6.07) is 14.2. The van der Waals surface area contributed by atoms with E-state index < -0.39 is 0 Å². The van der Waals surface area contributed by atoms with Crippen molar-refractivity contribution in [3.8, 4) is 0 Å². The molecular weight excluding hydrogens is 325 g/mol. The van der Waals surface area contributed by atoms with Gasteiger partial charge in [-0.3, -0.25) is 0 Å². The van der Waals surface area contributed by atoms with E-state index >= 15 is 0 Å². The number of allylic oxidation sites excluding steroid dienone is 1. The molecule has 23 heavy (non-hydrogen) atoms. The first-order valence-electron chi connectivity index (χ1n) is 7.87. The van der Waals surface area contributed by atoms with Crippen LogP contribution < -0.4 is 0 Å². The van der Waals surface area contributed by atoms with Gasteiger partial charge in [0.2, 0.25) is 0 Å². The lowest BCUT2D eigenvalue weighted by Crippen LogP contribution is -2.11. The van der Waals surface area contributed by atoms with Gasteiger partial charge in [0.25, 0.3) is 0 Å². The minimum absolute atomic E-state index is 0.284. The van der Waals surface area contributed by atoms with Crippen LogP contribution in [0.15, 0.2) is 48.5 Å². The van der Waals surface area contributed by atoms with Crippen LogP contribution in [0.1, 0.15) is 36.0 Å². The summed E-state index contributed by atoms with van der Waals surface area (Å²) in [5.74, 6) is 0.284. The second-order valence-corrected chi connectivity index (χ2v) is 6.82. The van der Waals surface area contributed by atoms with Crippen LogP contribution >= 0.6 is 23.2 Å². The maximum atomic E-state index is 6.36. The maximum absolute atomic E-state index is 6.36. The molecule has 0 heterocycles. The van der Waals surface area contributed by atoms with Gasteiger partial charge >= 0.3 is 0 Å². The summed E-state index contributed by atoms with van der Waals surface area (Å²) in [6.07, 6.45) is 5.44. The molecule has 2 aromatic carbocycles. The molecule has 0 radical (unpaired) electrons. The first-order valence-corrected chi connectivity index (χ1v) is 8.62. The molecule has 3 heteroatoms. The third kappa shape index (κ3) is 5.10. The van der Waals surface area contributed by atoms with E-state index in [1.165, 1.54) is 11.1 Å². The van der Waals surface area contributed by atoms with Gasteiger partial charge in [0.15, 0.2) is 0 Å². The van der Waals surface area contributed by atoms with Gasteiger partial charge in [-0.05, 0) is 49.3 Å². The molecule has 2 rings (SSSR count). The summed E-state index contributed by atoms with van der Waals surface area (Å²) in [5.41, 5.74) is 3.70. The second-order valence-electron chi connectivity index (χ2n) is 5.98. The Balaban J connectivity index is 2.27. The first-order chi connectivity index (χ1) is 11.0. The molecule has 0 N–H and O–H groups in total. The molecule has 0 aliphatic rings. The van der Waals surface area contributed by atoms with Crippen LogP contribution in [0.2, 0.25) is 10.0 Å². The molecule has 0 bridgehead atoms. The van der Waals surface area contributed by atoms with Crippen molar-refractivity contribution in [2.75, 3.05) is 14.1 Å². The number of halogens is 2. The molecule has 0 amide bonds. The molecule has 0 aliphatic carbocycles. The van der Waals surface area contributed by atoms with E-state index in [1.807, 2.05) is 18.2 Å². The van der Waals surface area contributed by atoms with Crippen molar-refractivity contribution in [3.63, 3.8) is 0 Å². The van der Waals surface area contributed by atoms with Crippen LogP contribution in [0.25, 0.3) is 6.08 Å². The molecule has 0 aromatic heterocycles. The minimum Gasteiger partial charge on any atom is -0.305 e. The number of hydrogen-bond acceptors (Lipinski definition) is 1. The standard InChI is InChI=1S/C20H23Cl2N/c1-4-15(19-12-11-18(21)13-20(19)22)9-10-16-7-5-6-8-17(16)14-23(2)3/h5-13,15H,4,14H2,1-3H3/b10-9+. The van der Waals surface area contributed by atoms with Crippen molar-refractivity contribution in [2.45, 2.75) is 25.8 Å². The Hall–Kier alpha value is -1.28. The Labute approximate surface area is 149 Å². The average Bonchev–Trinajstić information content (AvgIpc) is 2.50. The third-order valence-corrected chi connectivity index (χ3v) is 4.41. The van der Waals surface area contributed by atoms with E-state index in [1.54, 1.807) is 0 Å². The monoisotopic (exact) mass is 347 g/mol. The lowest BCUT2D eigenvalue weighted by molar-refractivity contribution is 0.402. The van der Waals surface area contributed by atoms with Crippen molar-refractivity contribution in [2.24, 2.45) is 0 Å². The number of rotatable bonds is 6. The summed E-state index contributed by atoms with van der Waals surface area (Å²) in [7, 11) is 4.17. The fraction of sp³-hybridized carbons (Fsp3) is 0.300. The Kier molecular flexibility index (Phi) is 6.71. The predicted octanol–water partition coefficient (Wildman–Crippen LogP) is 6.26. The Morgan fingerprint density at radius 1 is 1.09 bits per heavy atom. The second kappa shape index (κ2) is 8.54. The van der Waals surface area contributed by atoms with Gasteiger partial charge in [-0.1, -0.05) is 72.6 Å². The highest BCUT2D eigenvalue weighted by atomic mass is 35.5. The molecule has 1 nitrogen and oxygen atoms in total. The predicted molar refractivity (Wildman–Crippen MR) is 102 cm³/mol. The molecule has 0 fully saturated rings. The quantitative estimate of drug-likeness (QED) is 0.595. The van der Waals surface area contributed by atoms with Gasteiger partial charge in [-0.15, -0.1) is 0 Å². The third-order valence-electron chi connectivity index (χ3n) is 3.85. The van der Waals surface area contributed by atoms with Gasteiger partial charge in [-0.25, -0.2) is 0 Å². The Morgan fingerprint density at radius 2 is 1.83 bits per heavy atom. The van der Waals surface area contributed by atoms with Crippen molar-refractivity contribution >= 4 is 29.3 Å². The van der Waals surface area contributed by atoms with E-state index in [9.17, 15) is 0 Å². The summed E-state index contributed by atoms with van der Waals surface area (Å²) < 4.78 is 0. The zero-order chi connectivity index (χ0) is 16.8. The van der Waals surface area contributed by atoms with Crippen LogP contribution in [-0.2, 0) is 6.54 Å². The highest BCUT2D eigenvalue weighted by Gasteiger charge is 2.10. The summed E-state index contributed by atoms with van der Waals surface area (Å²) in [6.45, 7) is 3.10. The van der Waals surface area contributed by atoms with Gasteiger partial charge in [0.1, 0.15) is 0 Å². The van der Waals surface area contributed by atoms with Crippen LogP contribution in [0.5, 0.6) is 0 Å². The van der Waals surface area contributed by atoms with E-state index in [2.05, 4.69) is 62.3 Å². The highest BCUT2D eigenvalue weighted by Crippen LogP contribution is 2.31. The SMILES string of the molecule is CCC(/C=C/c1ccccc1CN(C)C)c1ccc(Cl)cc1Cl. The van der Waals surface area contributed by atoms with Gasteiger partial charge in [-0.2, -0.15) is 0 Å². The van der Waals surface area contributed by atoms with E-state index in [-0.39, 0.29) is 5.92 Å². The molecule has 1 atom stereocenters. The Bertz CT molecular complexity index is 677. The first kappa shape index (κ1) is 18.1. The number of hydrogen-bond donors (Lipinski definition) is 0. The molecule has 0 aliphatic heterocycles. The fourth-order valence-electron chi connectivity index (χ4n) is 2.66. The zero-order valence-corrected chi connectivity index (χ0v) is 15.4. The molecule has 2 aromatic rings. The molecule has 122 valence electrons. The summed E-state index contributed by atoms with van der Waals surface area (Å²) in [4.78, 5) is 2.18. The average molecular weight is 348 g/mol. The number of benzene rings is 2. The summed E-state index contributed by atoms with van der Waals surface area (Å²) in [5, 5.41) is 1.41. The highest BCUT2D eigenvalue weighted by molar-refractivity contribution is 6.35. The lowest BCUT2D eigenvalue weighted by Gasteiger charge is -2.15. The molecule has 0 saturated heterocycles. The van der Waals surface area contributed by atoms with Crippen molar-refractivity contribution in [1.29, 1.82) is 0 Å². The van der Waals surface area contributed by atoms with E-state index in [0.29, 0.717) is 5.02 Å². The van der Waals surface area contributed by atoms with Crippen molar-refractivity contribution < 1.29 is 0 Å². The maximum Gasteiger partial charge on any atom is 0.0458 e. The molecule has 0 spiro atoms. The number of nitrogens with zero attached hydrogens (tertiary/aromatic N) is 1. The lowest BCUT2D eigenvalue weighted by atomic mass is 9.94. The zero-order valence-electron chi connectivity index (χ0n) is 13.9. The van der Waals surface area contributed by atoms with Crippen molar-refractivity contribution in [3.05, 3.63) is 75.3 Å². The fourth-order valence-corrected chi connectivity index (χ4v) is 3.21. The Morgan fingerprint density at radius 3 is 2.48 bits per heavy atom. The smallest absolute Gasteiger partial charge is 0.0458 e.